The van der Waals surface area contributed by atoms with Gasteiger partial charge in [0, 0.05) is 41.1 Å². The van der Waals surface area contributed by atoms with Crippen molar-refractivity contribution >= 4 is 29.3 Å². The molecule has 3 amide bonds. The van der Waals surface area contributed by atoms with E-state index >= 15 is 8.78 Å². The van der Waals surface area contributed by atoms with Gasteiger partial charge in [0.15, 0.2) is 5.60 Å². The van der Waals surface area contributed by atoms with E-state index in [1.807, 2.05) is 6.07 Å². The minimum atomic E-state index is -3.22. The van der Waals surface area contributed by atoms with Crippen LogP contribution in [0.1, 0.15) is 49.7 Å². The molecule has 3 N–H and O–H groups in total. The molecule has 6 atom stereocenters. The largest absolute Gasteiger partial charge is 0.372 e. The second-order valence-corrected chi connectivity index (χ2v) is 11.9. The number of rotatable bonds is 5. The number of piperidine rings is 3. The molecule has 4 fully saturated rings. The average Bonchev–Trinajstić information content (AvgIpc) is 3.21. The molecule has 214 valence electrons. The van der Waals surface area contributed by atoms with E-state index in [9.17, 15) is 24.8 Å². The Morgan fingerprint density at radius 2 is 1.93 bits per heavy atom. The molecule has 3 heterocycles. The number of aliphatic hydroxyl groups is 1. The number of amides is 3. The first-order chi connectivity index (χ1) is 19.6. The first-order valence-electron chi connectivity index (χ1n) is 13.9. The number of nitriles is 1. The summed E-state index contributed by atoms with van der Waals surface area (Å²) in [6.45, 7) is 0.538. The molecule has 3 saturated heterocycles. The van der Waals surface area contributed by atoms with Gasteiger partial charge in [0.2, 0.25) is 11.8 Å². The highest BCUT2D eigenvalue weighted by Crippen LogP contribution is 2.54. The summed E-state index contributed by atoms with van der Waals surface area (Å²) in [4.78, 5) is 41.6. The Morgan fingerprint density at radius 3 is 2.66 bits per heavy atom. The lowest BCUT2D eigenvalue weighted by molar-refractivity contribution is -0.201. The highest BCUT2D eigenvalue weighted by atomic mass is 35.5. The minimum Gasteiger partial charge on any atom is -0.372 e. The van der Waals surface area contributed by atoms with Gasteiger partial charge in [0.05, 0.1) is 12.0 Å². The summed E-state index contributed by atoms with van der Waals surface area (Å²) < 4.78 is 30.6. The van der Waals surface area contributed by atoms with Crippen LogP contribution in [0.15, 0.2) is 42.5 Å². The molecule has 2 aromatic carbocycles. The molecule has 2 aromatic rings. The van der Waals surface area contributed by atoms with E-state index in [1.54, 1.807) is 36.4 Å². The van der Waals surface area contributed by atoms with E-state index in [-0.39, 0.29) is 41.3 Å². The molecule has 11 heteroatoms. The maximum atomic E-state index is 15.3. The molecule has 1 saturated carbocycles. The lowest BCUT2D eigenvalue weighted by atomic mass is 9.70. The molecule has 0 aromatic heterocycles. The summed E-state index contributed by atoms with van der Waals surface area (Å²) in [5, 5.41) is 27.6. The van der Waals surface area contributed by atoms with Crippen LogP contribution in [0.4, 0.5) is 8.78 Å². The third-order valence-corrected chi connectivity index (χ3v) is 9.35. The molecule has 0 spiro atoms. The Kier molecular flexibility index (Phi) is 6.78. The number of benzene rings is 2. The number of nitrogens with one attached hydrogen (secondary N) is 2. The summed E-state index contributed by atoms with van der Waals surface area (Å²) >= 11 is 6.27. The third kappa shape index (κ3) is 4.37. The quantitative estimate of drug-likeness (QED) is 0.498. The zero-order valence-corrected chi connectivity index (χ0v) is 22.8. The molecule has 0 radical (unpaired) electrons. The van der Waals surface area contributed by atoms with Crippen LogP contribution >= 0.6 is 11.6 Å². The van der Waals surface area contributed by atoms with Crippen molar-refractivity contribution in [1.82, 2.24) is 15.5 Å². The molecule has 7 rings (SSSR count). The first-order valence-corrected chi connectivity index (χ1v) is 14.2. The molecular formula is C30H29ClF2N4O4. The Labute approximate surface area is 240 Å². The molecule has 1 unspecified atom stereocenters. The fourth-order valence-electron chi connectivity index (χ4n) is 7.19. The van der Waals surface area contributed by atoms with Crippen LogP contribution < -0.4 is 10.6 Å². The van der Waals surface area contributed by atoms with Crippen molar-refractivity contribution in [2.75, 3.05) is 6.54 Å². The molecule has 5 aliphatic rings. The highest BCUT2D eigenvalue weighted by molar-refractivity contribution is 6.31. The van der Waals surface area contributed by atoms with Crippen molar-refractivity contribution in [2.45, 2.75) is 68.2 Å². The van der Waals surface area contributed by atoms with Gasteiger partial charge in [0.25, 0.3) is 11.8 Å². The van der Waals surface area contributed by atoms with Gasteiger partial charge in [-0.05, 0) is 55.4 Å². The molecule has 2 bridgehead atoms. The number of carbonyl (C=O) groups excluding carboxylic acids is 3. The van der Waals surface area contributed by atoms with Crippen molar-refractivity contribution in [3.8, 4) is 17.2 Å². The predicted molar refractivity (Wildman–Crippen MR) is 144 cm³/mol. The monoisotopic (exact) mass is 582 g/mol. The number of alkyl halides is 2. The molecule has 3 aliphatic heterocycles. The second-order valence-electron chi connectivity index (χ2n) is 11.5. The van der Waals surface area contributed by atoms with Crippen LogP contribution in [0.5, 0.6) is 0 Å². The second kappa shape index (κ2) is 10.1. The Bertz CT molecular complexity index is 1480. The number of hydrogen-bond acceptors (Lipinski definition) is 5. The Hall–Kier alpha value is -3.55. The molecule has 41 heavy (non-hydrogen) atoms. The van der Waals surface area contributed by atoms with E-state index in [1.165, 1.54) is 6.07 Å². The van der Waals surface area contributed by atoms with Crippen molar-refractivity contribution in [3.05, 3.63) is 58.6 Å². The van der Waals surface area contributed by atoms with Crippen LogP contribution in [0, 0.1) is 23.2 Å². The third-order valence-electron chi connectivity index (χ3n) is 9.12. The summed E-state index contributed by atoms with van der Waals surface area (Å²) in [5.74, 6) is -7.19. The van der Waals surface area contributed by atoms with E-state index < -0.39 is 59.7 Å². The zero-order chi connectivity index (χ0) is 29.1. The molecular weight excluding hydrogens is 554 g/mol. The van der Waals surface area contributed by atoms with Crippen molar-refractivity contribution in [3.63, 3.8) is 0 Å². The van der Waals surface area contributed by atoms with Gasteiger partial charge in [-0.2, -0.15) is 5.26 Å². The summed E-state index contributed by atoms with van der Waals surface area (Å²) in [6.07, 6.45) is 0.943. The lowest BCUT2D eigenvalue weighted by Crippen LogP contribution is -2.70. The Balaban J connectivity index is 1.36. The van der Waals surface area contributed by atoms with Gasteiger partial charge >= 0.3 is 0 Å². The van der Waals surface area contributed by atoms with Crippen molar-refractivity contribution in [1.29, 1.82) is 5.26 Å². The molecule has 8 nitrogen and oxygen atoms in total. The van der Waals surface area contributed by atoms with Crippen LogP contribution in [0.2, 0.25) is 5.02 Å². The van der Waals surface area contributed by atoms with Crippen molar-refractivity contribution < 1.29 is 28.3 Å². The number of nitrogens with zero attached hydrogens (tertiary/aromatic N) is 2. The fraction of sp³-hybridized carbons (Fsp3) is 0.467. The van der Waals surface area contributed by atoms with Gasteiger partial charge in [-0.1, -0.05) is 41.9 Å². The van der Waals surface area contributed by atoms with Gasteiger partial charge < -0.3 is 20.6 Å². The van der Waals surface area contributed by atoms with Crippen LogP contribution in [-0.4, -0.2) is 58.3 Å². The first kappa shape index (κ1) is 27.6. The average molecular weight is 583 g/mol. The lowest BCUT2D eigenvalue weighted by Gasteiger charge is -2.54. The number of carbonyl (C=O) groups is 3. The van der Waals surface area contributed by atoms with Crippen LogP contribution in [0.3, 0.4) is 0 Å². The van der Waals surface area contributed by atoms with E-state index in [4.69, 9.17) is 11.6 Å². The summed E-state index contributed by atoms with van der Waals surface area (Å²) in [7, 11) is 0. The normalized spacial score (nSPS) is 30.0. The maximum absolute atomic E-state index is 15.3. The zero-order valence-electron chi connectivity index (χ0n) is 22.1. The number of fused-ring (bicyclic) bond motifs is 6. The Morgan fingerprint density at radius 1 is 1.17 bits per heavy atom. The summed E-state index contributed by atoms with van der Waals surface area (Å²) in [5.41, 5.74) is -0.546. The van der Waals surface area contributed by atoms with Gasteiger partial charge in [-0.25, -0.2) is 8.78 Å². The van der Waals surface area contributed by atoms with E-state index in [0.29, 0.717) is 24.1 Å². The van der Waals surface area contributed by atoms with E-state index in [2.05, 4.69) is 10.6 Å². The van der Waals surface area contributed by atoms with Gasteiger partial charge in [-0.15, -0.1) is 0 Å². The summed E-state index contributed by atoms with van der Waals surface area (Å²) in [6, 6.07) is 9.88. The topological polar surface area (TPSA) is 123 Å². The molecule has 2 aliphatic carbocycles. The SMILES string of the molecule is N#C[C@@H](C[C@@H]1CCCNC1=O)NC(=O)[C@@H]1[C@@H]2CC[C@@H](CC2(F)F)N1C(=O)C1(O)c2ccccc2-c2ccc(Cl)cc21. The minimum absolute atomic E-state index is 0.0131. The number of hydrogen-bond donors (Lipinski definition) is 3. The van der Waals surface area contributed by atoms with E-state index in [0.717, 1.165) is 11.3 Å². The van der Waals surface area contributed by atoms with Crippen LogP contribution in [0.25, 0.3) is 11.1 Å². The predicted octanol–water partition coefficient (Wildman–Crippen LogP) is 3.50. The fourth-order valence-corrected chi connectivity index (χ4v) is 7.36. The smallest absolute Gasteiger partial charge is 0.264 e. The van der Waals surface area contributed by atoms with Crippen LogP contribution in [-0.2, 0) is 20.0 Å². The number of halogens is 3. The highest BCUT2D eigenvalue weighted by Gasteiger charge is 2.63. The van der Waals surface area contributed by atoms with Gasteiger partial charge in [0.1, 0.15) is 12.1 Å². The van der Waals surface area contributed by atoms with Crippen molar-refractivity contribution in [2.24, 2.45) is 11.8 Å². The maximum Gasteiger partial charge on any atom is 0.264 e. The standard InChI is InChI=1S/C30H29ClF2N4O4/c31-17-7-9-21-20-5-1-2-6-22(20)30(41,24(21)13-17)28(40)37-19-8-10-23(29(32,33)14-19)25(37)27(39)36-18(15-34)12-16-4-3-11-35-26(16)38/h1-2,5-7,9,13,16,18-19,23,25,41H,3-4,8,10-12,14H2,(H,35,38)(H,36,39)/t16-,18+,19-,23-,25-,30?/m0/s1. The van der Waals surface area contributed by atoms with Gasteiger partial charge in [-0.3, -0.25) is 14.4 Å².